The Morgan fingerprint density at radius 3 is 2.66 bits per heavy atom. The Labute approximate surface area is 179 Å². The van der Waals surface area contributed by atoms with Crippen molar-refractivity contribution in [2.75, 3.05) is 30.0 Å². The van der Waals surface area contributed by atoms with E-state index in [-0.39, 0.29) is 11.4 Å². The van der Waals surface area contributed by atoms with Crippen molar-refractivity contribution in [2.24, 2.45) is 10.3 Å². The second-order valence-corrected chi connectivity index (χ2v) is 7.20. The van der Waals surface area contributed by atoms with Crippen molar-refractivity contribution in [3.05, 3.63) is 48.0 Å². The summed E-state index contributed by atoms with van der Waals surface area (Å²) in [6.45, 7) is 0.246. The van der Waals surface area contributed by atoms with E-state index in [9.17, 15) is 23.2 Å². The van der Waals surface area contributed by atoms with Crippen LogP contribution in [0.25, 0.3) is 0 Å². The van der Waals surface area contributed by atoms with E-state index in [4.69, 9.17) is 9.47 Å². The van der Waals surface area contributed by atoms with Crippen molar-refractivity contribution in [1.29, 1.82) is 0 Å². The molecule has 12 heteroatoms. The summed E-state index contributed by atoms with van der Waals surface area (Å²) in [5.41, 5.74) is -0.0745. The average Bonchev–Trinajstić information content (AvgIpc) is 3.29. The number of carbonyl (C=O) groups excluding carboxylic acids is 3. The van der Waals surface area contributed by atoms with Crippen LogP contribution >= 0.6 is 0 Å². The van der Waals surface area contributed by atoms with E-state index < -0.39 is 48.0 Å². The van der Waals surface area contributed by atoms with Crippen molar-refractivity contribution >= 4 is 29.1 Å². The Balaban J connectivity index is 1.33. The first-order valence-electron chi connectivity index (χ1n) is 9.62. The fraction of sp³-hybridized carbons (Fsp3) is 0.250. The zero-order valence-corrected chi connectivity index (χ0v) is 16.3. The number of nitrogens with one attached hydrogen (secondary N) is 1. The van der Waals surface area contributed by atoms with Gasteiger partial charge in [0, 0.05) is 12.1 Å². The fourth-order valence-electron chi connectivity index (χ4n) is 3.71. The van der Waals surface area contributed by atoms with Gasteiger partial charge >= 0.3 is 0 Å². The number of benzene rings is 2. The van der Waals surface area contributed by atoms with Crippen LogP contribution in [0.2, 0.25) is 0 Å². The lowest BCUT2D eigenvalue weighted by Crippen LogP contribution is -2.43. The molecule has 2 atom stereocenters. The van der Waals surface area contributed by atoms with Gasteiger partial charge in [0.05, 0.1) is 11.4 Å². The van der Waals surface area contributed by atoms with Gasteiger partial charge in [-0.25, -0.2) is 13.7 Å². The van der Waals surface area contributed by atoms with Crippen molar-refractivity contribution in [3.8, 4) is 11.5 Å². The first-order chi connectivity index (χ1) is 15.4. The lowest BCUT2D eigenvalue weighted by Gasteiger charge is -2.22. The van der Waals surface area contributed by atoms with E-state index in [0.717, 1.165) is 28.1 Å². The van der Waals surface area contributed by atoms with Crippen LogP contribution in [0.1, 0.15) is 0 Å². The van der Waals surface area contributed by atoms with Crippen LogP contribution in [0.15, 0.2) is 46.7 Å². The lowest BCUT2D eigenvalue weighted by atomic mass is 10.1. The molecule has 3 amide bonds. The van der Waals surface area contributed by atoms with Crippen molar-refractivity contribution in [2.45, 2.75) is 12.1 Å². The van der Waals surface area contributed by atoms with Gasteiger partial charge in [0.2, 0.25) is 5.91 Å². The number of ether oxygens (including phenoxy) is 2. The van der Waals surface area contributed by atoms with E-state index in [1.165, 1.54) is 6.07 Å². The highest BCUT2D eigenvalue weighted by Gasteiger charge is 2.55. The Bertz CT molecular complexity index is 1170. The van der Waals surface area contributed by atoms with Gasteiger partial charge in [-0.15, -0.1) is 0 Å². The second-order valence-electron chi connectivity index (χ2n) is 7.20. The molecule has 0 bridgehead atoms. The van der Waals surface area contributed by atoms with E-state index in [2.05, 4.69) is 15.7 Å². The monoisotopic (exact) mass is 443 g/mol. The summed E-state index contributed by atoms with van der Waals surface area (Å²) in [6, 6.07) is 5.04. The molecule has 164 valence electrons. The topological polar surface area (TPSA) is 113 Å². The maximum Gasteiger partial charge on any atom is 0.263 e. The van der Waals surface area contributed by atoms with Gasteiger partial charge in [0.1, 0.15) is 31.4 Å². The first-order valence-corrected chi connectivity index (χ1v) is 9.62. The van der Waals surface area contributed by atoms with Crippen LogP contribution in [0.5, 0.6) is 11.5 Å². The summed E-state index contributed by atoms with van der Waals surface area (Å²) in [7, 11) is 0. The molecule has 2 aromatic carbocycles. The summed E-state index contributed by atoms with van der Waals surface area (Å²) >= 11 is 0. The third kappa shape index (κ3) is 3.29. The minimum Gasteiger partial charge on any atom is -0.486 e. The van der Waals surface area contributed by atoms with Crippen molar-refractivity contribution in [3.63, 3.8) is 0 Å². The van der Waals surface area contributed by atoms with E-state index in [0.29, 0.717) is 24.7 Å². The normalized spacial score (nSPS) is 21.2. The summed E-state index contributed by atoms with van der Waals surface area (Å²) < 4.78 is 38.0. The molecular weight excluding hydrogens is 428 g/mol. The van der Waals surface area contributed by atoms with Gasteiger partial charge in [0.15, 0.2) is 23.6 Å². The van der Waals surface area contributed by atoms with E-state index >= 15 is 0 Å². The summed E-state index contributed by atoms with van der Waals surface area (Å²) in [5.74, 6) is -2.62. The number of hydrogen-bond acceptors (Lipinski definition) is 8. The number of rotatable bonds is 4. The minimum atomic E-state index is -1.13. The zero-order valence-electron chi connectivity index (χ0n) is 16.3. The third-order valence-corrected chi connectivity index (χ3v) is 5.15. The van der Waals surface area contributed by atoms with Crippen LogP contribution in [-0.4, -0.2) is 54.6 Å². The van der Waals surface area contributed by atoms with Crippen LogP contribution in [0.4, 0.5) is 20.2 Å². The Kier molecular flexibility index (Phi) is 4.68. The molecule has 1 saturated heterocycles. The third-order valence-electron chi connectivity index (χ3n) is 5.15. The molecule has 0 aliphatic carbocycles. The SMILES string of the molecule is O=C(CN1N=N[C@H]2C(=O)N(c3ccc4c(c3)OCCO4)C(=O)[C@H]21)Nc1cc(F)ccc1F. The summed E-state index contributed by atoms with van der Waals surface area (Å²) in [4.78, 5) is 39.2. The van der Waals surface area contributed by atoms with Crippen LogP contribution in [0.3, 0.4) is 0 Å². The molecule has 3 aliphatic heterocycles. The largest absolute Gasteiger partial charge is 0.486 e. The predicted octanol–water partition coefficient (Wildman–Crippen LogP) is 1.67. The van der Waals surface area contributed by atoms with Crippen LogP contribution in [-0.2, 0) is 14.4 Å². The molecule has 1 N–H and O–H groups in total. The number of hydrogen-bond donors (Lipinski definition) is 1. The molecule has 0 radical (unpaired) electrons. The molecule has 0 saturated carbocycles. The molecule has 5 rings (SSSR count). The maximum atomic E-state index is 13.8. The molecule has 3 heterocycles. The highest BCUT2D eigenvalue weighted by molar-refractivity contribution is 6.25. The Morgan fingerprint density at radius 2 is 1.84 bits per heavy atom. The van der Waals surface area contributed by atoms with Crippen LogP contribution in [0, 0.1) is 11.6 Å². The number of anilines is 2. The molecule has 10 nitrogen and oxygen atoms in total. The molecule has 2 aromatic rings. The zero-order chi connectivity index (χ0) is 22.4. The summed E-state index contributed by atoms with van der Waals surface area (Å²) in [6.07, 6.45) is 0. The second kappa shape index (κ2) is 7.55. The number of carbonyl (C=O) groups is 3. The molecular formula is C20H15F2N5O5. The fourth-order valence-corrected chi connectivity index (χ4v) is 3.71. The highest BCUT2D eigenvalue weighted by Crippen LogP contribution is 2.37. The van der Waals surface area contributed by atoms with Gasteiger partial charge in [-0.2, -0.15) is 5.11 Å². The molecule has 0 unspecified atom stereocenters. The average molecular weight is 443 g/mol. The number of fused-ring (bicyclic) bond motifs is 2. The maximum absolute atomic E-state index is 13.8. The van der Waals surface area contributed by atoms with E-state index in [1.54, 1.807) is 12.1 Å². The number of imide groups is 1. The van der Waals surface area contributed by atoms with Gasteiger partial charge in [-0.3, -0.25) is 19.4 Å². The smallest absolute Gasteiger partial charge is 0.263 e. The van der Waals surface area contributed by atoms with Gasteiger partial charge in [-0.05, 0) is 24.3 Å². The van der Waals surface area contributed by atoms with Gasteiger partial charge in [0.25, 0.3) is 11.8 Å². The van der Waals surface area contributed by atoms with Crippen LogP contribution < -0.4 is 19.7 Å². The van der Waals surface area contributed by atoms with Crippen molar-refractivity contribution < 1.29 is 32.6 Å². The highest BCUT2D eigenvalue weighted by atomic mass is 19.1. The molecule has 0 aromatic heterocycles. The van der Waals surface area contributed by atoms with Gasteiger partial charge in [-0.1, -0.05) is 5.22 Å². The molecule has 32 heavy (non-hydrogen) atoms. The lowest BCUT2D eigenvalue weighted by molar-refractivity contribution is -0.123. The number of nitrogens with zero attached hydrogens (tertiary/aromatic N) is 4. The molecule has 3 aliphatic rings. The first kappa shape index (κ1) is 19.8. The van der Waals surface area contributed by atoms with Gasteiger partial charge < -0.3 is 14.8 Å². The number of amides is 3. The predicted molar refractivity (Wildman–Crippen MR) is 104 cm³/mol. The molecule has 1 fully saturated rings. The summed E-state index contributed by atoms with van der Waals surface area (Å²) in [5, 5.41) is 10.9. The minimum absolute atomic E-state index is 0.278. The quantitative estimate of drug-likeness (QED) is 0.720. The van der Waals surface area contributed by atoms with Crippen molar-refractivity contribution in [1.82, 2.24) is 5.01 Å². The standard InChI is InChI=1S/C20H15F2N5O5/c21-10-1-3-12(22)13(7-10)23-16(28)9-26-18-17(24-25-26)19(29)27(20(18)30)11-2-4-14-15(8-11)32-6-5-31-14/h1-4,7-8,17-18H,5-6,9H2,(H,23,28)/t17-,18+/m1/s1. The van der Waals surface area contributed by atoms with E-state index in [1.807, 2.05) is 0 Å². The Hall–Kier alpha value is -4.09. The Morgan fingerprint density at radius 1 is 1.06 bits per heavy atom. The molecule has 0 spiro atoms. The number of halogens is 2.